The van der Waals surface area contributed by atoms with E-state index in [1.54, 1.807) is 23.5 Å². The van der Waals surface area contributed by atoms with Gasteiger partial charge >= 0.3 is 0 Å². The van der Waals surface area contributed by atoms with Crippen molar-refractivity contribution in [3.63, 3.8) is 0 Å². The Bertz CT molecular complexity index is 1130. The first-order chi connectivity index (χ1) is 12.8. The predicted octanol–water partition coefficient (Wildman–Crippen LogP) is 6.39. The molecule has 1 unspecified atom stereocenters. The van der Waals surface area contributed by atoms with Crippen LogP contribution in [0.3, 0.4) is 0 Å². The highest BCUT2D eigenvalue weighted by molar-refractivity contribution is 7.10. The number of ether oxygens (including phenoxy) is 1. The molecule has 0 amide bonds. The second kappa shape index (κ2) is 5.82. The van der Waals surface area contributed by atoms with Crippen LogP contribution in [0.15, 0.2) is 84.3 Å². The molecule has 5 rings (SSSR count). The molecule has 4 aromatic rings. The molecule has 0 aliphatic carbocycles. The van der Waals surface area contributed by atoms with Crippen molar-refractivity contribution in [1.29, 1.82) is 0 Å². The molecule has 0 fully saturated rings. The normalized spacial score (nSPS) is 18.5. The quantitative estimate of drug-likeness (QED) is 0.403. The summed E-state index contributed by atoms with van der Waals surface area (Å²) in [5.41, 5.74) is 0.610. The summed E-state index contributed by atoms with van der Waals surface area (Å²) >= 11 is 1.57. The van der Waals surface area contributed by atoms with Gasteiger partial charge in [0.15, 0.2) is 5.60 Å². The van der Waals surface area contributed by atoms with E-state index in [1.807, 2.05) is 53.9 Å². The zero-order chi connectivity index (χ0) is 17.6. The van der Waals surface area contributed by atoms with Gasteiger partial charge < -0.3 is 4.74 Å². The van der Waals surface area contributed by atoms with Crippen LogP contribution in [0.1, 0.15) is 16.0 Å². The maximum absolute atomic E-state index is 14.7. The van der Waals surface area contributed by atoms with Gasteiger partial charge in [0.2, 0.25) is 0 Å². The fraction of sp³-hybridized carbons (Fsp3) is 0.0435. The van der Waals surface area contributed by atoms with Crippen LogP contribution < -0.4 is 4.74 Å². The van der Waals surface area contributed by atoms with Crippen LogP contribution in [-0.2, 0) is 5.60 Å². The Kier molecular flexibility index (Phi) is 3.44. The SMILES string of the molecule is Fc1ccccc1C1(c2cccs2)C=Cc2c(ccc3ccccc23)O1. The van der Waals surface area contributed by atoms with Gasteiger partial charge in [0.1, 0.15) is 11.6 Å². The summed E-state index contributed by atoms with van der Waals surface area (Å²) in [6.07, 6.45) is 4.04. The van der Waals surface area contributed by atoms with Gasteiger partial charge in [0, 0.05) is 11.1 Å². The lowest BCUT2D eigenvalue weighted by molar-refractivity contribution is 0.160. The summed E-state index contributed by atoms with van der Waals surface area (Å²) in [4.78, 5) is 0.956. The number of halogens is 1. The fourth-order valence-electron chi connectivity index (χ4n) is 3.61. The molecule has 1 aromatic heterocycles. The Balaban J connectivity index is 1.76. The van der Waals surface area contributed by atoms with Gasteiger partial charge in [-0.25, -0.2) is 4.39 Å². The Morgan fingerprint density at radius 2 is 1.69 bits per heavy atom. The minimum absolute atomic E-state index is 0.269. The highest BCUT2D eigenvalue weighted by atomic mass is 32.1. The van der Waals surface area contributed by atoms with Crippen molar-refractivity contribution in [2.24, 2.45) is 0 Å². The van der Waals surface area contributed by atoms with Crippen molar-refractivity contribution >= 4 is 28.2 Å². The van der Waals surface area contributed by atoms with Gasteiger partial charge in [0.25, 0.3) is 0 Å². The van der Waals surface area contributed by atoms with Crippen LogP contribution in [0.4, 0.5) is 4.39 Å². The van der Waals surface area contributed by atoms with Gasteiger partial charge in [-0.2, -0.15) is 0 Å². The third-order valence-corrected chi connectivity index (χ3v) is 5.83. The number of rotatable bonds is 2. The third kappa shape index (κ3) is 2.21. The maximum Gasteiger partial charge on any atom is 0.189 e. The van der Waals surface area contributed by atoms with Crippen LogP contribution in [-0.4, -0.2) is 0 Å². The first-order valence-corrected chi connectivity index (χ1v) is 9.35. The Morgan fingerprint density at radius 1 is 0.846 bits per heavy atom. The van der Waals surface area contributed by atoms with E-state index in [0.29, 0.717) is 5.56 Å². The van der Waals surface area contributed by atoms with Gasteiger partial charge in [-0.3, -0.25) is 0 Å². The van der Waals surface area contributed by atoms with Crippen LogP contribution in [0.5, 0.6) is 5.75 Å². The van der Waals surface area contributed by atoms with Crippen LogP contribution >= 0.6 is 11.3 Å². The molecular weight excluding hydrogens is 343 g/mol. The number of hydrogen-bond donors (Lipinski definition) is 0. The largest absolute Gasteiger partial charge is 0.472 e. The van der Waals surface area contributed by atoms with Gasteiger partial charge in [0.05, 0.1) is 4.88 Å². The second-order valence-electron chi connectivity index (χ2n) is 6.33. The molecule has 1 atom stereocenters. The molecule has 3 heteroatoms. The Morgan fingerprint density at radius 3 is 2.54 bits per heavy atom. The Hall–Kier alpha value is -2.91. The van der Waals surface area contributed by atoms with Crippen molar-refractivity contribution < 1.29 is 9.13 Å². The zero-order valence-electron chi connectivity index (χ0n) is 13.9. The lowest BCUT2D eigenvalue weighted by atomic mass is 9.87. The molecule has 0 N–H and O–H groups in total. The summed E-state index contributed by atoms with van der Waals surface area (Å²) < 4.78 is 21.3. The molecule has 0 radical (unpaired) electrons. The number of thiophene rings is 1. The first-order valence-electron chi connectivity index (χ1n) is 8.47. The van der Waals surface area contributed by atoms with Gasteiger partial charge in [-0.05, 0) is 46.5 Å². The molecule has 3 aromatic carbocycles. The molecule has 0 spiro atoms. The lowest BCUT2D eigenvalue weighted by Gasteiger charge is -2.35. The summed E-state index contributed by atoms with van der Waals surface area (Å²) in [6.45, 7) is 0. The van der Waals surface area contributed by atoms with Crippen LogP contribution in [0.2, 0.25) is 0 Å². The summed E-state index contributed by atoms with van der Waals surface area (Å²) in [7, 11) is 0. The number of hydrogen-bond acceptors (Lipinski definition) is 2. The van der Waals surface area contributed by atoms with E-state index in [-0.39, 0.29) is 5.82 Å². The molecule has 1 nitrogen and oxygen atoms in total. The molecule has 1 aliphatic heterocycles. The Labute approximate surface area is 155 Å². The van der Waals surface area contributed by atoms with Crippen molar-refractivity contribution in [2.45, 2.75) is 5.60 Å². The summed E-state index contributed by atoms with van der Waals surface area (Å²) in [6, 6.07) is 23.0. The topological polar surface area (TPSA) is 9.23 Å². The summed E-state index contributed by atoms with van der Waals surface area (Å²) in [5.74, 6) is 0.498. The molecule has 126 valence electrons. The van der Waals surface area contributed by atoms with E-state index < -0.39 is 5.60 Å². The molecule has 1 aliphatic rings. The van der Waals surface area contributed by atoms with E-state index in [1.165, 1.54) is 6.07 Å². The lowest BCUT2D eigenvalue weighted by Crippen LogP contribution is -2.34. The molecule has 0 saturated heterocycles. The second-order valence-corrected chi connectivity index (χ2v) is 7.27. The van der Waals surface area contributed by atoms with E-state index >= 15 is 0 Å². The molecule has 26 heavy (non-hydrogen) atoms. The molecule has 2 heterocycles. The minimum Gasteiger partial charge on any atom is -0.472 e. The predicted molar refractivity (Wildman–Crippen MR) is 105 cm³/mol. The molecule has 0 bridgehead atoms. The third-order valence-electron chi connectivity index (χ3n) is 4.85. The van der Waals surface area contributed by atoms with E-state index in [4.69, 9.17) is 4.74 Å². The average molecular weight is 358 g/mol. The van der Waals surface area contributed by atoms with Crippen molar-refractivity contribution in [1.82, 2.24) is 0 Å². The van der Waals surface area contributed by atoms with Crippen molar-refractivity contribution in [3.05, 3.63) is 106 Å². The van der Waals surface area contributed by atoms with Crippen molar-refractivity contribution in [3.8, 4) is 5.75 Å². The van der Waals surface area contributed by atoms with E-state index in [9.17, 15) is 4.39 Å². The maximum atomic E-state index is 14.7. The monoisotopic (exact) mass is 358 g/mol. The fourth-order valence-corrected chi connectivity index (χ4v) is 4.46. The first kappa shape index (κ1) is 15.4. The highest BCUT2D eigenvalue weighted by Crippen LogP contribution is 2.45. The van der Waals surface area contributed by atoms with Crippen LogP contribution in [0, 0.1) is 5.82 Å². The van der Waals surface area contributed by atoms with Gasteiger partial charge in [-0.1, -0.05) is 54.6 Å². The average Bonchev–Trinajstić information content (AvgIpc) is 3.23. The standard InChI is InChI=1S/C23H15FOS/c24-20-9-4-3-8-19(20)23(22-10-5-15-26-22)14-13-18-17-7-2-1-6-16(17)11-12-21(18)25-23/h1-15H. The van der Waals surface area contributed by atoms with Crippen LogP contribution in [0.25, 0.3) is 16.8 Å². The number of benzene rings is 3. The zero-order valence-corrected chi connectivity index (χ0v) is 14.7. The smallest absolute Gasteiger partial charge is 0.189 e. The highest BCUT2D eigenvalue weighted by Gasteiger charge is 2.40. The van der Waals surface area contributed by atoms with Gasteiger partial charge in [-0.15, -0.1) is 11.3 Å². The van der Waals surface area contributed by atoms with Crippen molar-refractivity contribution in [2.75, 3.05) is 0 Å². The summed E-state index contributed by atoms with van der Waals surface area (Å²) in [5, 5.41) is 4.29. The van der Waals surface area contributed by atoms with E-state index in [0.717, 1.165) is 27.0 Å². The van der Waals surface area contributed by atoms with E-state index in [2.05, 4.69) is 18.2 Å². The molecular formula is C23H15FOS. The number of fused-ring (bicyclic) bond motifs is 3. The molecule has 0 saturated carbocycles. The minimum atomic E-state index is -0.949.